The smallest absolute Gasteiger partial charge is 0.237 e. The molecule has 2 aromatic carbocycles. The molecule has 130 valence electrons. The van der Waals surface area contributed by atoms with Gasteiger partial charge in [-0.25, -0.2) is 0 Å². The van der Waals surface area contributed by atoms with Crippen LogP contribution >= 0.6 is 11.8 Å². The first kappa shape index (κ1) is 17.5. The highest BCUT2D eigenvalue weighted by Gasteiger charge is 2.21. The summed E-state index contributed by atoms with van der Waals surface area (Å²) in [5, 5.41) is 2.81. The Bertz CT molecular complexity index is 777. The number of aryl methyl sites for hydroxylation is 1. The Kier molecular flexibility index (Phi) is 5.43. The molecule has 0 bridgehead atoms. The third kappa shape index (κ3) is 4.23. The van der Waals surface area contributed by atoms with Crippen LogP contribution in [0, 0.1) is 0 Å². The predicted octanol–water partition coefficient (Wildman–Crippen LogP) is 4.11. The lowest BCUT2D eigenvalue weighted by Crippen LogP contribution is -2.33. The number of carbonyl (C=O) groups is 2. The summed E-state index contributed by atoms with van der Waals surface area (Å²) in [5.74, 6) is 0.0404. The average Bonchev–Trinajstić information content (AvgIpc) is 2.61. The average molecular weight is 354 g/mol. The minimum Gasteiger partial charge on any atom is -0.325 e. The van der Waals surface area contributed by atoms with Crippen molar-refractivity contribution in [1.82, 2.24) is 0 Å². The van der Waals surface area contributed by atoms with E-state index in [1.165, 1.54) is 11.8 Å². The first-order valence-corrected chi connectivity index (χ1v) is 9.36. The molecule has 0 radical (unpaired) electrons. The summed E-state index contributed by atoms with van der Waals surface area (Å²) >= 11 is 1.54. The summed E-state index contributed by atoms with van der Waals surface area (Å²) in [4.78, 5) is 27.1. The topological polar surface area (TPSA) is 49.4 Å². The molecule has 2 aromatic rings. The molecule has 0 saturated heterocycles. The zero-order valence-electron chi connectivity index (χ0n) is 14.5. The standard InChI is InChI=1S/C20H22N2O2S/c1-14(25-18-8-4-3-5-9-18)20(24)21-17-10-11-19-16(13-17)7-6-12-22(19)15(2)23/h3-5,8-11,13-14H,6-7,12H2,1-2H3,(H,21,24). The fourth-order valence-electron chi connectivity index (χ4n) is 3.00. The molecule has 1 unspecified atom stereocenters. The molecule has 0 spiro atoms. The number of carbonyl (C=O) groups excluding carboxylic acids is 2. The SMILES string of the molecule is CC(=O)N1CCCc2cc(NC(=O)C(C)Sc3ccccc3)ccc21. The second kappa shape index (κ2) is 7.74. The van der Waals surface area contributed by atoms with Crippen LogP contribution in [0.15, 0.2) is 53.4 Å². The van der Waals surface area contributed by atoms with Gasteiger partial charge in [-0.15, -0.1) is 11.8 Å². The van der Waals surface area contributed by atoms with Crippen molar-refractivity contribution >= 4 is 35.0 Å². The minimum absolute atomic E-state index is 0.0203. The van der Waals surface area contributed by atoms with Crippen molar-refractivity contribution in [3.05, 3.63) is 54.1 Å². The number of fused-ring (bicyclic) bond motifs is 1. The summed E-state index contributed by atoms with van der Waals surface area (Å²) < 4.78 is 0. The van der Waals surface area contributed by atoms with Crippen LogP contribution in [0.5, 0.6) is 0 Å². The zero-order chi connectivity index (χ0) is 17.8. The number of nitrogens with one attached hydrogen (secondary N) is 1. The second-order valence-corrected chi connectivity index (χ2v) is 7.59. The van der Waals surface area contributed by atoms with Gasteiger partial charge in [0.15, 0.2) is 0 Å². The lowest BCUT2D eigenvalue weighted by atomic mass is 10.0. The first-order valence-electron chi connectivity index (χ1n) is 8.48. The maximum absolute atomic E-state index is 12.5. The molecule has 4 nitrogen and oxygen atoms in total. The van der Waals surface area contributed by atoms with Crippen LogP contribution in [-0.4, -0.2) is 23.6 Å². The van der Waals surface area contributed by atoms with Gasteiger partial charge in [-0.1, -0.05) is 18.2 Å². The molecule has 0 saturated carbocycles. The van der Waals surface area contributed by atoms with Gasteiger partial charge < -0.3 is 10.2 Å². The highest BCUT2D eigenvalue weighted by molar-refractivity contribution is 8.00. The van der Waals surface area contributed by atoms with Crippen LogP contribution in [-0.2, 0) is 16.0 Å². The van der Waals surface area contributed by atoms with Crippen LogP contribution in [0.2, 0.25) is 0 Å². The highest BCUT2D eigenvalue weighted by Crippen LogP contribution is 2.30. The van der Waals surface area contributed by atoms with Gasteiger partial charge in [0.05, 0.1) is 5.25 Å². The fourth-order valence-corrected chi connectivity index (χ4v) is 3.89. The van der Waals surface area contributed by atoms with Gasteiger partial charge in [0.1, 0.15) is 0 Å². The molecular formula is C20H22N2O2S. The van der Waals surface area contributed by atoms with Crippen molar-refractivity contribution in [1.29, 1.82) is 0 Å². The molecule has 0 aliphatic carbocycles. The summed E-state index contributed by atoms with van der Waals surface area (Å²) in [6.07, 6.45) is 1.88. The Morgan fingerprint density at radius 3 is 2.64 bits per heavy atom. The van der Waals surface area contributed by atoms with Crippen LogP contribution in [0.1, 0.15) is 25.8 Å². The number of rotatable bonds is 4. The maximum Gasteiger partial charge on any atom is 0.237 e. The van der Waals surface area contributed by atoms with Gasteiger partial charge in [-0.05, 0) is 55.7 Å². The van der Waals surface area contributed by atoms with Crippen LogP contribution in [0.3, 0.4) is 0 Å². The Hall–Kier alpha value is -2.27. The van der Waals surface area contributed by atoms with E-state index in [0.717, 1.165) is 41.2 Å². The molecule has 2 amide bonds. The molecule has 5 heteroatoms. The molecule has 0 fully saturated rings. The van der Waals surface area contributed by atoms with Gasteiger partial charge in [0.2, 0.25) is 11.8 Å². The van der Waals surface area contributed by atoms with Crippen molar-refractivity contribution in [3.8, 4) is 0 Å². The predicted molar refractivity (Wildman–Crippen MR) is 103 cm³/mol. The van der Waals surface area contributed by atoms with E-state index in [4.69, 9.17) is 0 Å². The molecule has 0 aromatic heterocycles. The number of nitrogens with zero attached hydrogens (tertiary/aromatic N) is 1. The van der Waals surface area contributed by atoms with Crippen molar-refractivity contribution in [3.63, 3.8) is 0 Å². The van der Waals surface area contributed by atoms with E-state index in [0.29, 0.717) is 0 Å². The number of benzene rings is 2. The molecular weight excluding hydrogens is 332 g/mol. The number of amides is 2. The third-order valence-corrected chi connectivity index (χ3v) is 5.38. The normalized spacial score (nSPS) is 14.6. The summed E-state index contributed by atoms with van der Waals surface area (Å²) in [6.45, 7) is 4.26. The van der Waals surface area contributed by atoms with E-state index in [-0.39, 0.29) is 17.1 Å². The molecule has 3 rings (SSSR count). The quantitative estimate of drug-likeness (QED) is 0.841. The number of hydrogen-bond acceptors (Lipinski definition) is 3. The molecule has 1 N–H and O–H groups in total. The second-order valence-electron chi connectivity index (χ2n) is 6.18. The Morgan fingerprint density at radius 1 is 1.16 bits per heavy atom. The lowest BCUT2D eigenvalue weighted by molar-refractivity contribution is -0.117. The summed E-state index contributed by atoms with van der Waals surface area (Å²) in [7, 11) is 0. The summed E-state index contributed by atoms with van der Waals surface area (Å²) in [6, 6.07) is 15.7. The molecule has 1 aliphatic rings. The Labute approximate surface area is 152 Å². The van der Waals surface area contributed by atoms with Gasteiger partial charge in [0, 0.05) is 29.7 Å². The van der Waals surface area contributed by atoms with E-state index in [1.807, 2.05) is 55.5 Å². The fraction of sp³-hybridized carbons (Fsp3) is 0.300. The first-order chi connectivity index (χ1) is 12.0. The summed E-state index contributed by atoms with van der Waals surface area (Å²) in [5.41, 5.74) is 2.86. The van der Waals surface area contributed by atoms with Crippen LogP contribution < -0.4 is 10.2 Å². The molecule has 25 heavy (non-hydrogen) atoms. The van der Waals surface area contributed by atoms with Gasteiger partial charge in [0.25, 0.3) is 0 Å². The van der Waals surface area contributed by atoms with Crippen molar-refractivity contribution in [2.24, 2.45) is 0 Å². The minimum atomic E-state index is -0.188. The maximum atomic E-state index is 12.5. The van der Waals surface area contributed by atoms with Crippen molar-refractivity contribution in [2.45, 2.75) is 36.8 Å². The van der Waals surface area contributed by atoms with Crippen molar-refractivity contribution < 1.29 is 9.59 Å². The Balaban J connectivity index is 1.68. The van der Waals surface area contributed by atoms with E-state index >= 15 is 0 Å². The van der Waals surface area contributed by atoms with Gasteiger partial charge >= 0.3 is 0 Å². The molecule has 1 aliphatic heterocycles. The monoisotopic (exact) mass is 354 g/mol. The van der Waals surface area contributed by atoms with Crippen LogP contribution in [0.25, 0.3) is 0 Å². The highest BCUT2D eigenvalue weighted by atomic mass is 32.2. The van der Waals surface area contributed by atoms with Crippen LogP contribution in [0.4, 0.5) is 11.4 Å². The lowest BCUT2D eigenvalue weighted by Gasteiger charge is -2.29. The molecule has 1 atom stereocenters. The van der Waals surface area contributed by atoms with Gasteiger partial charge in [-0.2, -0.15) is 0 Å². The van der Waals surface area contributed by atoms with E-state index in [2.05, 4.69) is 5.32 Å². The number of anilines is 2. The largest absolute Gasteiger partial charge is 0.325 e. The zero-order valence-corrected chi connectivity index (χ0v) is 15.3. The third-order valence-electron chi connectivity index (χ3n) is 4.27. The van der Waals surface area contributed by atoms with Gasteiger partial charge in [-0.3, -0.25) is 9.59 Å². The van der Waals surface area contributed by atoms with E-state index in [1.54, 1.807) is 11.8 Å². The van der Waals surface area contributed by atoms with Crippen molar-refractivity contribution in [2.75, 3.05) is 16.8 Å². The Morgan fingerprint density at radius 2 is 1.92 bits per heavy atom. The molecule has 1 heterocycles. The van der Waals surface area contributed by atoms with E-state index < -0.39 is 0 Å². The number of hydrogen-bond donors (Lipinski definition) is 1. The number of thioether (sulfide) groups is 1. The van der Waals surface area contributed by atoms with E-state index in [9.17, 15) is 9.59 Å².